The van der Waals surface area contributed by atoms with Crippen LogP contribution in [0, 0.1) is 0 Å². The van der Waals surface area contributed by atoms with Gasteiger partial charge in [0.25, 0.3) is 0 Å². The van der Waals surface area contributed by atoms with E-state index in [9.17, 15) is 0 Å². The van der Waals surface area contributed by atoms with Crippen LogP contribution in [0.15, 0.2) is 291 Å². The van der Waals surface area contributed by atoms with Crippen molar-refractivity contribution < 1.29 is 0 Å². The first kappa shape index (κ1) is 47.1. The van der Waals surface area contributed by atoms with Gasteiger partial charge >= 0.3 is 0 Å². The molecule has 14 aromatic rings. The summed E-state index contributed by atoms with van der Waals surface area (Å²) in [5.74, 6) is 0.227. The normalized spacial score (nSPS) is 14.2. The van der Waals surface area contributed by atoms with Gasteiger partial charge in [0.15, 0.2) is 0 Å². The highest BCUT2D eigenvalue weighted by atomic mass is 32.1. The second-order valence-electron chi connectivity index (χ2n) is 21.0. The van der Waals surface area contributed by atoms with Crippen molar-refractivity contribution in [3.8, 4) is 33.4 Å². The molecule has 2 atom stereocenters. The minimum absolute atomic E-state index is 0.227. The van der Waals surface area contributed by atoms with Crippen LogP contribution in [0.3, 0.4) is 0 Å². The lowest BCUT2D eigenvalue weighted by molar-refractivity contribution is 0.712. The van der Waals surface area contributed by atoms with Gasteiger partial charge in [-0.25, -0.2) is 0 Å². The van der Waals surface area contributed by atoms with Crippen LogP contribution >= 0.6 is 22.7 Å². The van der Waals surface area contributed by atoms with Crippen LogP contribution in [0.1, 0.15) is 51.3 Å². The summed E-state index contributed by atoms with van der Waals surface area (Å²) in [6, 6.07) is 109. The quantitative estimate of drug-likeness (QED) is 0.118. The van der Waals surface area contributed by atoms with E-state index >= 15 is 0 Å². The maximum Gasteiger partial charge on any atom is 0.0713 e. The molecule has 0 bridgehead atoms. The summed E-state index contributed by atoms with van der Waals surface area (Å²) in [4.78, 5) is 2.40. The van der Waals surface area contributed by atoms with E-state index in [4.69, 9.17) is 0 Å². The largest absolute Gasteiger partial charge is 0.310 e. The summed E-state index contributed by atoms with van der Waals surface area (Å²) < 4.78 is 5.30. The number of benzene rings is 12. The molecule has 2 unspecified atom stereocenters. The number of fused-ring (bicyclic) bond motifs is 9. The molecule has 3 heteroatoms. The number of aryl methyl sites for hydroxylation is 1. The first-order valence-electron chi connectivity index (χ1n) is 27.5. The summed E-state index contributed by atoms with van der Waals surface area (Å²) in [5.41, 5.74) is 19.4. The fourth-order valence-corrected chi connectivity index (χ4v) is 15.2. The van der Waals surface area contributed by atoms with Gasteiger partial charge in [-0.3, -0.25) is 0 Å². The highest BCUT2D eigenvalue weighted by Crippen LogP contribution is 2.59. The van der Waals surface area contributed by atoms with Crippen LogP contribution in [0.4, 0.5) is 17.1 Å². The lowest BCUT2D eigenvalue weighted by Gasteiger charge is -2.34. The second kappa shape index (κ2) is 19.7. The topological polar surface area (TPSA) is 3.24 Å². The number of hydrogen-bond acceptors (Lipinski definition) is 3. The molecule has 0 amide bonds. The van der Waals surface area contributed by atoms with Crippen molar-refractivity contribution in [2.45, 2.75) is 24.2 Å². The lowest BCUT2D eigenvalue weighted by Crippen LogP contribution is -2.28. The van der Waals surface area contributed by atoms with Crippen molar-refractivity contribution in [2.75, 3.05) is 4.90 Å². The molecule has 2 aromatic heterocycles. The Bertz CT molecular complexity index is 4520. The van der Waals surface area contributed by atoms with Gasteiger partial charge in [-0.2, -0.15) is 0 Å². The number of para-hydroxylation sites is 1. The molecule has 0 radical (unpaired) electrons. The number of anilines is 3. The Morgan fingerprint density at radius 3 is 1.58 bits per heavy atom. The molecule has 2 heterocycles. The Labute approximate surface area is 469 Å². The van der Waals surface area contributed by atoms with E-state index in [0.717, 1.165) is 29.9 Å². The average molecular weight is 1040 g/mol. The summed E-state index contributed by atoms with van der Waals surface area (Å²) in [5, 5.41) is 5.28. The molecule has 0 N–H and O–H groups in total. The lowest BCUT2D eigenvalue weighted by atomic mass is 9.67. The molecule has 0 saturated carbocycles. The molecule has 1 aliphatic carbocycles. The third-order valence-electron chi connectivity index (χ3n) is 16.7. The van der Waals surface area contributed by atoms with Crippen molar-refractivity contribution in [3.63, 3.8) is 0 Å². The van der Waals surface area contributed by atoms with Crippen LogP contribution in [-0.4, -0.2) is 0 Å². The molecular formula is C76H53NS2. The molecule has 1 aliphatic rings. The minimum atomic E-state index is -0.592. The third kappa shape index (κ3) is 8.11. The van der Waals surface area contributed by atoms with E-state index in [1.54, 1.807) is 0 Å². The van der Waals surface area contributed by atoms with Gasteiger partial charge in [0.05, 0.1) is 5.41 Å². The Morgan fingerprint density at radius 2 is 0.873 bits per heavy atom. The molecule has 79 heavy (non-hydrogen) atoms. The minimum Gasteiger partial charge on any atom is -0.310 e. The van der Waals surface area contributed by atoms with Gasteiger partial charge in [0, 0.05) is 63.3 Å². The van der Waals surface area contributed by atoms with E-state index in [1.807, 2.05) is 22.7 Å². The third-order valence-corrected chi connectivity index (χ3v) is 19.0. The van der Waals surface area contributed by atoms with E-state index in [2.05, 4.69) is 296 Å². The molecule has 0 saturated heterocycles. The Morgan fingerprint density at radius 1 is 0.329 bits per heavy atom. The van der Waals surface area contributed by atoms with Crippen molar-refractivity contribution in [1.82, 2.24) is 0 Å². The Hall–Kier alpha value is -9.12. The summed E-state index contributed by atoms with van der Waals surface area (Å²) in [7, 11) is 0. The number of thiophene rings is 2. The van der Waals surface area contributed by atoms with E-state index < -0.39 is 5.41 Å². The molecule has 1 nitrogen and oxygen atoms in total. The van der Waals surface area contributed by atoms with Gasteiger partial charge in [-0.15, -0.1) is 22.7 Å². The molecule has 12 aromatic carbocycles. The van der Waals surface area contributed by atoms with Crippen LogP contribution < -0.4 is 4.90 Å². The van der Waals surface area contributed by atoms with Gasteiger partial charge in [0.2, 0.25) is 0 Å². The Kier molecular flexibility index (Phi) is 11.8. The first-order valence-corrected chi connectivity index (χ1v) is 29.1. The van der Waals surface area contributed by atoms with Gasteiger partial charge in [0.1, 0.15) is 0 Å². The predicted octanol–water partition coefficient (Wildman–Crippen LogP) is 21.4. The van der Waals surface area contributed by atoms with Crippen LogP contribution in [0.25, 0.3) is 73.7 Å². The van der Waals surface area contributed by atoms with E-state index in [0.29, 0.717) is 0 Å². The van der Waals surface area contributed by atoms with Gasteiger partial charge in [-0.05, 0) is 152 Å². The van der Waals surface area contributed by atoms with Crippen molar-refractivity contribution in [2.24, 2.45) is 0 Å². The fraction of sp³-hybridized carbons (Fsp3) is 0.0526. The maximum atomic E-state index is 2.57. The zero-order valence-electron chi connectivity index (χ0n) is 43.5. The van der Waals surface area contributed by atoms with Crippen LogP contribution in [0.2, 0.25) is 0 Å². The number of nitrogens with zero attached hydrogens (tertiary/aromatic N) is 1. The molecule has 15 rings (SSSR count). The van der Waals surface area contributed by atoms with Gasteiger partial charge in [-0.1, -0.05) is 224 Å². The second-order valence-corrected chi connectivity index (χ2v) is 23.2. The smallest absolute Gasteiger partial charge is 0.0713 e. The molecule has 374 valence electrons. The molecule has 0 aliphatic heterocycles. The first-order chi connectivity index (χ1) is 39.2. The number of rotatable bonds is 12. The highest BCUT2D eigenvalue weighted by Gasteiger charge is 2.47. The van der Waals surface area contributed by atoms with Gasteiger partial charge < -0.3 is 4.90 Å². The highest BCUT2D eigenvalue weighted by molar-refractivity contribution is 7.26. The van der Waals surface area contributed by atoms with Crippen molar-refractivity contribution in [3.05, 3.63) is 330 Å². The Balaban J connectivity index is 0.869. The molecule has 0 fully saturated rings. The average Bonchev–Trinajstić information content (AvgIpc) is 4.38. The standard InChI is InChI=1S/C76H53NS2/c1-5-18-52(19-6-1)53-34-39-58(40-35-53)76(57-22-9-3-10-23-57)69-29-17-28-63(55-36-41-60(42-37-55)77(59-24-11-4-12-25-59)61-43-47-74-68(50-61)65-27-14-16-31-72(65)79-74)75(69)66-45-33-51(48-70(66)76)32-44-62(54-20-7-2-8-21-54)56-38-46-73-67(49-56)64-26-13-15-30-71(64)78-73/h1-31,33-43,45-50,62H,32,44H2. The van der Waals surface area contributed by atoms with Crippen molar-refractivity contribution >= 4 is 80.1 Å². The maximum absolute atomic E-state index is 2.57. The van der Waals surface area contributed by atoms with Crippen LogP contribution in [0.5, 0.6) is 0 Å². The molecular weight excluding hydrogens is 991 g/mol. The van der Waals surface area contributed by atoms with E-state index in [1.165, 1.54) is 113 Å². The fourth-order valence-electron chi connectivity index (χ4n) is 13.0. The predicted molar refractivity (Wildman–Crippen MR) is 338 cm³/mol. The summed E-state index contributed by atoms with van der Waals surface area (Å²) in [6.45, 7) is 0. The monoisotopic (exact) mass is 1040 g/mol. The zero-order valence-corrected chi connectivity index (χ0v) is 45.1. The van der Waals surface area contributed by atoms with Crippen molar-refractivity contribution in [1.29, 1.82) is 0 Å². The zero-order chi connectivity index (χ0) is 52.3. The summed E-state index contributed by atoms with van der Waals surface area (Å²) in [6.07, 6.45) is 1.90. The van der Waals surface area contributed by atoms with Crippen LogP contribution in [-0.2, 0) is 11.8 Å². The molecule has 0 spiro atoms. The van der Waals surface area contributed by atoms with E-state index in [-0.39, 0.29) is 5.92 Å². The summed E-state index contributed by atoms with van der Waals surface area (Å²) >= 11 is 3.75. The SMILES string of the molecule is c1ccc(-c2ccc(C3(c4ccccc4)c4cc(CCC(c5ccccc5)c5ccc6sc7ccccc7c6c5)ccc4-c4c(-c5ccc(N(c6ccccc6)c6ccc7sc8ccccc8c7c6)cc5)cccc43)cc2)cc1. The number of hydrogen-bond donors (Lipinski definition) is 0.